The molecule has 0 aliphatic heterocycles. The lowest BCUT2D eigenvalue weighted by Gasteiger charge is -2.02. The molecule has 2 nitrogen and oxygen atoms in total. The summed E-state index contributed by atoms with van der Waals surface area (Å²) in [5.74, 6) is 0. The van der Waals surface area contributed by atoms with Crippen LogP contribution in [-0.2, 0) is 16.0 Å². The van der Waals surface area contributed by atoms with Gasteiger partial charge in [-0.1, -0.05) is 6.07 Å². The van der Waals surface area contributed by atoms with E-state index in [0.717, 1.165) is 12.8 Å². The Morgan fingerprint density at radius 3 is 2.71 bits per heavy atom. The standard InChI is InChI=1S/C10H9I2O2/c11-9-4-3-8(6-10(9)12)2-1-5-14-7-13/h3-4,6H,1-2,5H2. The van der Waals surface area contributed by atoms with E-state index >= 15 is 0 Å². The average Bonchev–Trinajstić information content (AvgIpc) is 2.18. The summed E-state index contributed by atoms with van der Waals surface area (Å²) >= 11 is 4.63. The van der Waals surface area contributed by atoms with Gasteiger partial charge < -0.3 is 4.74 Å². The first-order chi connectivity index (χ1) is 6.74. The number of ether oxygens (including phenoxy) is 1. The Kier molecular flexibility index (Phi) is 5.76. The van der Waals surface area contributed by atoms with E-state index < -0.39 is 0 Å². The minimum absolute atomic E-state index is 0.450. The number of carbonyl (C=O) groups excluding carboxylic acids is 1. The number of hydrogen-bond acceptors (Lipinski definition) is 2. The summed E-state index contributed by atoms with van der Waals surface area (Å²) in [7, 11) is 0. The van der Waals surface area contributed by atoms with Gasteiger partial charge in [0.25, 0.3) is 0 Å². The Balaban J connectivity index is 2.43. The van der Waals surface area contributed by atoms with Crippen LogP contribution in [0.4, 0.5) is 0 Å². The van der Waals surface area contributed by atoms with Gasteiger partial charge in [-0.15, -0.1) is 0 Å². The number of halogens is 2. The van der Waals surface area contributed by atoms with Gasteiger partial charge in [-0.3, -0.25) is 0 Å². The van der Waals surface area contributed by atoms with E-state index in [0.29, 0.717) is 6.61 Å². The van der Waals surface area contributed by atoms with Crippen LogP contribution in [0.1, 0.15) is 12.0 Å². The van der Waals surface area contributed by atoms with Gasteiger partial charge in [0, 0.05) is 7.14 Å². The van der Waals surface area contributed by atoms with Gasteiger partial charge in [-0.05, 0) is 75.7 Å². The smallest absolute Gasteiger partial charge is 0.417 e. The van der Waals surface area contributed by atoms with E-state index in [2.05, 4.69) is 68.1 Å². The highest BCUT2D eigenvalue weighted by Gasteiger charge is 1.98. The highest BCUT2D eigenvalue weighted by atomic mass is 127. The monoisotopic (exact) mass is 415 g/mol. The lowest BCUT2D eigenvalue weighted by Crippen LogP contribution is -1.95. The van der Waals surface area contributed by atoms with Crippen LogP contribution in [-0.4, -0.2) is 13.1 Å². The highest BCUT2D eigenvalue weighted by Crippen LogP contribution is 2.17. The molecule has 0 saturated carbocycles. The Labute approximate surface area is 111 Å². The Morgan fingerprint density at radius 2 is 2.07 bits per heavy atom. The topological polar surface area (TPSA) is 26.3 Å². The van der Waals surface area contributed by atoms with E-state index in [9.17, 15) is 4.79 Å². The molecule has 14 heavy (non-hydrogen) atoms. The van der Waals surface area contributed by atoms with Crippen LogP contribution in [0.25, 0.3) is 0 Å². The average molecular weight is 415 g/mol. The third-order valence-electron chi connectivity index (χ3n) is 1.75. The third kappa shape index (κ3) is 4.12. The maximum Gasteiger partial charge on any atom is 0.417 e. The maximum absolute atomic E-state index is 9.77. The van der Waals surface area contributed by atoms with Crippen molar-refractivity contribution in [1.82, 2.24) is 0 Å². The SMILES string of the molecule is O=[C]OCCCc1ccc(I)c(I)c1. The largest absolute Gasteiger partial charge is 0.457 e. The second kappa shape index (κ2) is 6.60. The van der Waals surface area contributed by atoms with Crippen LogP contribution in [0.15, 0.2) is 18.2 Å². The van der Waals surface area contributed by atoms with Gasteiger partial charge in [-0.25, -0.2) is 4.79 Å². The fourth-order valence-corrected chi connectivity index (χ4v) is 2.00. The molecule has 1 rings (SSSR count). The van der Waals surface area contributed by atoms with Crippen molar-refractivity contribution in [2.24, 2.45) is 0 Å². The summed E-state index contributed by atoms with van der Waals surface area (Å²) < 4.78 is 7.04. The van der Waals surface area contributed by atoms with Crippen LogP contribution in [0.3, 0.4) is 0 Å². The van der Waals surface area contributed by atoms with Gasteiger partial charge in [0.1, 0.15) is 0 Å². The van der Waals surface area contributed by atoms with E-state index in [1.54, 1.807) is 0 Å². The molecule has 0 heterocycles. The molecule has 0 aliphatic carbocycles. The molecule has 1 aromatic carbocycles. The molecule has 1 radical (unpaired) electrons. The van der Waals surface area contributed by atoms with Crippen molar-refractivity contribution in [3.63, 3.8) is 0 Å². The summed E-state index contributed by atoms with van der Waals surface area (Å²) in [5, 5.41) is 0. The minimum Gasteiger partial charge on any atom is -0.457 e. The molecular weight excluding hydrogens is 406 g/mol. The van der Waals surface area contributed by atoms with E-state index in [1.807, 2.05) is 0 Å². The van der Waals surface area contributed by atoms with Crippen molar-refractivity contribution in [3.05, 3.63) is 30.9 Å². The predicted octanol–water partition coefficient (Wildman–Crippen LogP) is 2.91. The van der Waals surface area contributed by atoms with E-state index in [-0.39, 0.29) is 0 Å². The molecule has 0 amide bonds. The Morgan fingerprint density at radius 1 is 1.29 bits per heavy atom. The van der Waals surface area contributed by atoms with E-state index in [4.69, 9.17) is 0 Å². The van der Waals surface area contributed by atoms with Crippen molar-refractivity contribution in [2.75, 3.05) is 6.61 Å². The highest BCUT2D eigenvalue weighted by molar-refractivity contribution is 14.1. The second-order valence-electron chi connectivity index (χ2n) is 2.78. The van der Waals surface area contributed by atoms with Gasteiger partial charge in [-0.2, -0.15) is 0 Å². The van der Waals surface area contributed by atoms with Crippen molar-refractivity contribution in [3.8, 4) is 0 Å². The fourth-order valence-electron chi connectivity index (χ4n) is 1.09. The number of hydrogen-bond donors (Lipinski definition) is 0. The summed E-state index contributed by atoms with van der Waals surface area (Å²) in [5.41, 5.74) is 1.28. The Hall–Kier alpha value is 0.150. The number of aryl methyl sites for hydroxylation is 1. The van der Waals surface area contributed by atoms with Crippen molar-refractivity contribution in [1.29, 1.82) is 0 Å². The molecule has 0 spiro atoms. The molecule has 0 aliphatic rings. The van der Waals surface area contributed by atoms with Crippen molar-refractivity contribution in [2.45, 2.75) is 12.8 Å². The molecule has 0 fully saturated rings. The Bertz CT molecular complexity index is 313. The molecule has 0 saturated heterocycles. The molecule has 0 N–H and O–H groups in total. The van der Waals surface area contributed by atoms with Crippen LogP contribution >= 0.6 is 45.2 Å². The van der Waals surface area contributed by atoms with Gasteiger partial charge in [0.15, 0.2) is 0 Å². The predicted molar refractivity (Wildman–Crippen MR) is 71.8 cm³/mol. The summed E-state index contributed by atoms with van der Waals surface area (Å²) in [4.78, 5) is 9.77. The zero-order valence-corrected chi connectivity index (χ0v) is 11.7. The van der Waals surface area contributed by atoms with Crippen LogP contribution in [0.2, 0.25) is 0 Å². The molecular formula is C10H9I2O2. The van der Waals surface area contributed by atoms with Gasteiger partial charge >= 0.3 is 6.47 Å². The summed E-state index contributed by atoms with van der Waals surface area (Å²) in [6, 6.07) is 6.37. The number of benzene rings is 1. The third-order valence-corrected chi connectivity index (χ3v) is 4.62. The maximum atomic E-state index is 9.77. The second-order valence-corrected chi connectivity index (χ2v) is 5.11. The van der Waals surface area contributed by atoms with E-state index in [1.165, 1.54) is 19.2 Å². The van der Waals surface area contributed by atoms with Gasteiger partial charge in [0.05, 0.1) is 6.61 Å². The lowest BCUT2D eigenvalue weighted by molar-refractivity contribution is 0.273. The van der Waals surface area contributed by atoms with Crippen LogP contribution in [0.5, 0.6) is 0 Å². The lowest BCUT2D eigenvalue weighted by atomic mass is 10.1. The molecule has 0 unspecified atom stereocenters. The first-order valence-corrected chi connectivity index (χ1v) is 6.32. The molecule has 75 valence electrons. The molecule has 1 aromatic rings. The zero-order valence-electron chi connectivity index (χ0n) is 7.43. The van der Waals surface area contributed by atoms with Gasteiger partial charge in [0.2, 0.25) is 0 Å². The summed E-state index contributed by atoms with van der Waals surface area (Å²) in [6.45, 7) is 1.87. The molecule has 0 aromatic heterocycles. The fraction of sp³-hybridized carbons (Fsp3) is 0.300. The molecule has 4 heteroatoms. The van der Waals surface area contributed by atoms with Crippen molar-refractivity contribution < 1.29 is 9.53 Å². The first-order valence-electron chi connectivity index (χ1n) is 4.17. The molecule has 0 atom stereocenters. The normalized spacial score (nSPS) is 9.86. The summed E-state index contributed by atoms with van der Waals surface area (Å²) in [6.07, 6.45) is 1.79. The zero-order chi connectivity index (χ0) is 10.4. The minimum atomic E-state index is 0.450. The van der Waals surface area contributed by atoms with Crippen molar-refractivity contribution >= 4 is 51.7 Å². The molecule has 0 bridgehead atoms. The van der Waals surface area contributed by atoms with Crippen LogP contribution < -0.4 is 0 Å². The quantitative estimate of drug-likeness (QED) is 0.547. The van der Waals surface area contributed by atoms with Crippen LogP contribution in [0, 0.1) is 7.14 Å². The number of rotatable bonds is 5. The first kappa shape index (κ1) is 12.2.